The highest BCUT2D eigenvalue weighted by Crippen LogP contribution is 2.06. The van der Waals surface area contributed by atoms with E-state index in [-0.39, 0.29) is 11.8 Å². The van der Waals surface area contributed by atoms with Gasteiger partial charge in [-0.15, -0.1) is 0 Å². The van der Waals surface area contributed by atoms with E-state index < -0.39 is 0 Å². The largest absolute Gasteiger partial charge is 0.352 e. The Morgan fingerprint density at radius 1 is 1.44 bits per heavy atom. The van der Waals surface area contributed by atoms with E-state index in [2.05, 4.69) is 11.4 Å². The van der Waals surface area contributed by atoms with Gasteiger partial charge in [0, 0.05) is 13.0 Å². The summed E-state index contributed by atoms with van der Waals surface area (Å²) >= 11 is 0. The third-order valence-corrected chi connectivity index (χ3v) is 2.96. The number of amides is 1. The van der Waals surface area contributed by atoms with Crippen molar-refractivity contribution in [2.45, 2.75) is 26.3 Å². The average Bonchev–Trinajstić information content (AvgIpc) is 2.43. The quantitative estimate of drug-likeness (QED) is 0.798. The lowest BCUT2D eigenvalue weighted by atomic mass is 10.0. The van der Waals surface area contributed by atoms with Gasteiger partial charge in [0.25, 0.3) is 0 Å². The Balaban J connectivity index is 2.40. The van der Waals surface area contributed by atoms with Gasteiger partial charge in [-0.3, -0.25) is 4.79 Å². The zero-order valence-corrected chi connectivity index (χ0v) is 10.6. The molecule has 1 aromatic rings. The normalized spacial score (nSPS) is 11.6. The molecule has 0 spiro atoms. The van der Waals surface area contributed by atoms with Crippen LogP contribution in [0.1, 0.15) is 30.9 Å². The predicted molar refractivity (Wildman–Crippen MR) is 70.5 cm³/mol. The van der Waals surface area contributed by atoms with Gasteiger partial charge in [0.05, 0.1) is 11.6 Å². The van der Waals surface area contributed by atoms with Crippen LogP contribution in [-0.2, 0) is 11.3 Å². The lowest BCUT2D eigenvalue weighted by molar-refractivity contribution is -0.122. The fraction of sp³-hybridized carbons (Fsp3) is 0.429. The fourth-order valence-corrected chi connectivity index (χ4v) is 1.63. The zero-order chi connectivity index (χ0) is 13.4. The van der Waals surface area contributed by atoms with Crippen LogP contribution < -0.4 is 11.1 Å². The molecule has 4 nitrogen and oxygen atoms in total. The number of carbonyl (C=O) groups excluding carboxylic acids is 1. The molecule has 0 saturated carbocycles. The molecule has 1 unspecified atom stereocenters. The van der Waals surface area contributed by atoms with Gasteiger partial charge in [-0.1, -0.05) is 25.5 Å². The third kappa shape index (κ3) is 4.56. The maximum Gasteiger partial charge on any atom is 0.220 e. The number of carbonyl (C=O) groups is 1. The monoisotopic (exact) mass is 245 g/mol. The number of nitriles is 1. The van der Waals surface area contributed by atoms with Gasteiger partial charge in [0.1, 0.15) is 0 Å². The second-order valence-electron chi connectivity index (χ2n) is 4.30. The van der Waals surface area contributed by atoms with E-state index in [9.17, 15) is 4.79 Å². The Hall–Kier alpha value is -1.86. The molecule has 1 atom stereocenters. The molecular formula is C14H19N3O. The van der Waals surface area contributed by atoms with Crippen LogP contribution in [-0.4, -0.2) is 12.5 Å². The molecule has 0 heterocycles. The second kappa shape index (κ2) is 7.46. The van der Waals surface area contributed by atoms with Crippen molar-refractivity contribution in [3.63, 3.8) is 0 Å². The number of hydrogen-bond donors (Lipinski definition) is 2. The van der Waals surface area contributed by atoms with Gasteiger partial charge < -0.3 is 11.1 Å². The molecule has 0 aliphatic heterocycles. The second-order valence-corrected chi connectivity index (χ2v) is 4.30. The number of rotatable bonds is 6. The molecule has 96 valence electrons. The van der Waals surface area contributed by atoms with Gasteiger partial charge in [-0.05, 0) is 30.2 Å². The molecular weight excluding hydrogens is 226 g/mol. The van der Waals surface area contributed by atoms with Gasteiger partial charge in [0.2, 0.25) is 5.91 Å². The van der Waals surface area contributed by atoms with E-state index in [0.717, 1.165) is 12.0 Å². The summed E-state index contributed by atoms with van der Waals surface area (Å²) in [4.78, 5) is 11.6. The summed E-state index contributed by atoms with van der Waals surface area (Å²) in [5.74, 6) is 0.280. The average molecular weight is 245 g/mol. The molecule has 0 saturated heterocycles. The van der Waals surface area contributed by atoms with E-state index in [4.69, 9.17) is 11.0 Å². The van der Waals surface area contributed by atoms with Crippen LogP contribution in [0.2, 0.25) is 0 Å². The predicted octanol–water partition coefficient (Wildman–Crippen LogP) is 1.55. The van der Waals surface area contributed by atoms with Gasteiger partial charge in [-0.2, -0.15) is 5.26 Å². The number of benzene rings is 1. The summed E-state index contributed by atoms with van der Waals surface area (Å²) in [6, 6.07) is 9.24. The minimum Gasteiger partial charge on any atom is -0.352 e. The van der Waals surface area contributed by atoms with Gasteiger partial charge in [-0.25, -0.2) is 0 Å². The maximum absolute atomic E-state index is 11.6. The number of hydrogen-bond acceptors (Lipinski definition) is 3. The van der Waals surface area contributed by atoms with E-state index in [1.807, 2.05) is 19.1 Å². The van der Waals surface area contributed by atoms with Crippen molar-refractivity contribution in [2.75, 3.05) is 6.54 Å². The van der Waals surface area contributed by atoms with E-state index >= 15 is 0 Å². The van der Waals surface area contributed by atoms with Crippen LogP contribution in [0, 0.1) is 17.2 Å². The van der Waals surface area contributed by atoms with Crippen LogP contribution in [0.5, 0.6) is 0 Å². The maximum atomic E-state index is 11.6. The Bertz CT molecular complexity index is 416. The molecule has 18 heavy (non-hydrogen) atoms. The number of nitrogens with zero attached hydrogens (tertiary/aromatic N) is 1. The fourth-order valence-electron chi connectivity index (χ4n) is 1.63. The highest BCUT2D eigenvalue weighted by molar-refractivity contribution is 5.76. The van der Waals surface area contributed by atoms with Crippen molar-refractivity contribution in [2.24, 2.45) is 11.7 Å². The number of nitrogens with two attached hydrogens (primary N) is 1. The van der Waals surface area contributed by atoms with Gasteiger partial charge in [0.15, 0.2) is 0 Å². The molecule has 0 aliphatic rings. The van der Waals surface area contributed by atoms with Gasteiger partial charge >= 0.3 is 0 Å². The molecule has 0 bridgehead atoms. The summed E-state index contributed by atoms with van der Waals surface area (Å²) in [7, 11) is 0. The highest BCUT2D eigenvalue weighted by Gasteiger charge is 2.09. The molecule has 0 fully saturated rings. The third-order valence-electron chi connectivity index (χ3n) is 2.96. The first-order valence-electron chi connectivity index (χ1n) is 6.15. The number of nitrogens with one attached hydrogen (secondary N) is 1. The molecule has 0 aliphatic carbocycles. The van der Waals surface area contributed by atoms with E-state index in [1.165, 1.54) is 0 Å². The topological polar surface area (TPSA) is 78.9 Å². The van der Waals surface area contributed by atoms with Crippen LogP contribution >= 0.6 is 0 Å². The first-order chi connectivity index (χ1) is 8.69. The lowest BCUT2D eigenvalue weighted by Gasteiger charge is -2.12. The molecule has 1 rings (SSSR count). The Labute approximate surface area is 108 Å². The van der Waals surface area contributed by atoms with Crippen molar-refractivity contribution < 1.29 is 4.79 Å². The van der Waals surface area contributed by atoms with Crippen LogP contribution in [0.25, 0.3) is 0 Å². The van der Waals surface area contributed by atoms with E-state index in [1.54, 1.807) is 12.1 Å². The standard InChI is InChI=1S/C14H19N3O/c1-2-11(8-15)7-14(18)17-10-13-5-3-12(9-16)4-6-13/h3-6,11H,2,7-8,10,15H2,1H3,(H,17,18). The molecule has 4 heteroatoms. The molecule has 0 aromatic heterocycles. The SMILES string of the molecule is CCC(CN)CC(=O)NCc1ccc(C#N)cc1. The molecule has 0 radical (unpaired) electrons. The van der Waals surface area contributed by atoms with Crippen LogP contribution in [0.4, 0.5) is 0 Å². The van der Waals surface area contributed by atoms with Crippen molar-refractivity contribution in [3.8, 4) is 6.07 Å². The van der Waals surface area contributed by atoms with E-state index in [0.29, 0.717) is 25.1 Å². The Morgan fingerprint density at radius 2 is 2.11 bits per heavy atom. The van der Waals surface area contributed by atoms with Crippen molar-refractivity contribution in [1.82, 2.24) is 5.32 Å². The van der Waals surface area contributed by atoms with Crippen LogP contribution in [0.15, 0.2) is 24.3 Å². The molecule has 3 N–H and O–H groups in total. The first-order valence-corrected chi connectivity index (χ1v) is 6.15. The Kier molecular flexibility index (Phi) is 5.89. The van der Waals surface area contributed by atoms with Crippen molar-refractivity contribution in [1.29, 1.82) is 5.26 Å². The summed E-state index contributed by atoms with van der Waals surface area (Å²) in [5.41, 5.74) is 7.17. The van der Waals surface area contributed by atoms with Crippen molar-refractivity contribution >= 4 is 5.91 Å². The summed E-state index contributed by atoms with van der Waals surface area (Å²) < 4.78 is 0. The minimum atomic E-state index is 0.0247. The highest BCUT2D eigenvalue weighted by atomic mass is 16.1. The summed E-state index contributed by atoms with van der Waals surface area (Å²) in [5, 5.41) is 11.5. The summed E-state index contributed by atoms with van der Waals surface area (Å²) in [6.45, 7) is 3.07. The molecule has 1 aromatic carbocycles. The van der Waals surface area contributed by atoms with Crippen LogP contribution in [0.3, 0.4) is 0 Å². The first kappa shape index (κ1) is 14.2. The Morgan fingerprint density at radius 3 is 2.61 bits per heavy atom. The lowest BCUT2D eigenvalue weighted by Crippen LogP contribution is -2.27. The summed E-state index contributed by atoms with van der Waals surface area (Å²) in [6.07, 6.45) is 1.39. The minimum absolute atomic E-state index is 0.0247. The molecule has 1 amide bonds. The van der Waals surface area contributed by atoms with Crippen molar-refractivity contribution in [3.05, 3.63) is 35.4 Å². The zero-order valence-electron chi connectivity index (χ0n) is 10.6. The smallest absolute Gasteiger partial charge is 0.220 e.